The van der Waals surface area contributed by atoms with E-state index in [-0.39, 0.29) is 0 Å². The quantitative estimate of drug-likeness (QED) is 0.744. The van der Waals surface area contributed by atoms with E-state index >= 15 is 0 Å². The summed E-state index contributed by atoms with van der Waals surface area (Å²) in [6.45, 7) is 12.8. The van der Waals surface area contributed by atoms with Crippen LogP contribution < -0.4 is 5.32 Å². The van der Waals surface area contributed by atoms with Crippen molar-refractivity contribution >= 4 is 0 Å². The van der Waals surface area contributed by atoms with E-state index in [0.29, 0.717) is 6.04 Å². The molecule has 1 aliphatic heterocycles. The highest BCUT2D eigenvalue weighted by Crippen LogP contribution is 2.21. The normalized spacial score (nSPS) is 29.8. The van der Waals surface area contributed by atoms with Gasteiger partial charge in [0.25, 0.3) is 0 Å². The van der Waals surface area contributed by atoms with Crippen LogP contribution in [-0.2, 0) is 0 Å². The van der Waals surface area contributed by atoms with Crippen molar-refractivity contribution in [3.8, 4) is 0 Å². The molecule has 14 heavy (non-hydrogen) atoms. The van der Waals surface area contributed by atoms with Crippen LogP contribution in [0.15, 0.2) is 0 Å². The smallest absolute Gasteiger partial charge is 0.0119 e. The zero-order chi connectivity index (χ0) is 10.6. The Labute approximate surface area is 89.1 Å². The summed E-state index contributed by atoms with van der Waals surface area (Å²) in [7, 11) is 0. The molecule has 1 fully saturated rings. The first-order chi connectivity index (χ1) is 6.69. The molecule has 1 aliphatic rings. The highest BCUT2D eigenvalue weighted by Gasteiger charge is 2.28. The number of hydrogen-bond donors (Lipinski definition) is 1. The zero-order valence-electron chi connectivity index (χ0n) is 10.2. The van der Waals surface area contributed by atoms with Gasteiger partial charge in [0.1, 0.15) is 0 Å². The molecule has 0 aliphatic carbocycles. The highest BCUT2D eigenvalue weighted by molar-refractivity contribution is 4.85. The summed E-state index contributed by atoms with van der Waals surface area (Å²) in [5, 5.41) is 3.62. The minimum Gasteiger partial charge on any atom is -0.314 e. The van der Waals surface area contributed by atoms with Crippen LogP contribution in [0.1, 0.15) is 40.5 Å². The molecule has 84 valence electrons. The maximum absolute atomic E-state index is 3.62. The van der Waals surface area contributed by atoms with Crippen molar-refractivity contribution in [2.75, 3.05) is 19.6 Å². The van der Waals surface area contributed by atoms with Gasteiger partial charge in [-0.2, -0.15) is 0 Å². The number of piperidine rings is 1. The average molecular weight is 198 g/mol. The first kappa shape index (κ1) is 12.0. The molecule has 0 aromatic heterocycles. The van der Waals surface area contributed by atoms with Crippen molar-refractivity contribution in [1.29, 1.82) is 0 Å². The van der Waals surface area contributed by atoms with Crippen molar-refractivity contribution in [3.05, 3.63) is 0 Å². The standard InChI is InChI=1S/C12H26N2/c1-5-11-9-14(10(3)4)8-7-12(11)13-6-2/h10-13H,5-9H2,1-4H3. The number of likely N-dealkylation sites (tertiary alicyclic amines) is 1. The molecule has 1 N–H and O–H groups in total. The van der Waals surface area contributed by atoms with Crippen molar-refractivity contribution in [1.82, 2.24) is 10.2 Å². The lowest BCUT2D eigenvalue weighted by atomic mass is 9.89. The third-order valence-electron chi connectivity index (χ3n) is 3.49. The summed E-state index contributed by atoms with van der Waals surface area (Å²) in [6.07, 6.45) is 2.63. The van der Waals surface area contributed by atoms with Crippen LogP contribution in [0.25, 0.3) is 0 Å². The Morgan fingerprint density at radius 2 is 2.07 bits per heavy atom. The Hall–Kier alpha value is -0.0800. The van der Waals surface area contributed by atoms with Gasteiger partial charge in [-0.25, -0.2) is 0 Å². The van der Waals surface area contributed by atoms with Crippen LogP contribution in [0.3, 0.4) is 0 Å². The molecule has 0 spiro atoms. The van der Waals surface area contributed by atoms with Crippen molar-refractivity contribution in [2.45, 2.75) is 52.6 Å². The molecule has 0 bridgehead atoms. The second kappa shape index (κ2) is 5.72. The van der Waals surface area contributed by atoms with Gasteiger partial charge in [0.05, 0.1) is 0 Å². The molecular formula is C12H26N2. The molecule has 1 heterocycles. The molecule has 0 radical (unpaired) electrons. The average Bonchev–Trinajstić information content (AvgIpc) is 2.18. The third-order valence-corrected chi connectivity index (χ3v) is 3.49. The zero-order valence-corrected chi connectivity index (χ0v) is 10.2. The predicted molar refractivity (Wildman–Crippen MR) is 62.6 cm³/mol. The topological polar surface area (TPSA) is 15.3 Å². The Morgan fingerprint density at radius 3 is 2.57 bits per heavy atom. The molecule has 2 heteroatoms. The Morgan fingerprint density at radius 1 is 1.36 bits per heavy atom. The molecule has 0 amide bonds. The monoisotopic (exact) mass is 198 g/mol. The molecule has 0 aromatic rings. The Bertz CT molecular complexity index is 156. The second-order valence-corrected chi connectivity index (χ2v) is 4.71. The molecule has 2 unspecified atom stereocenters. The Kier molecular flexibility index (Phi) is 4.90. The van der Waals surface area contributed by atoms with Crippen LogP contribution in [-0.4, -0.2) is 36.6 Å². The number of nitrogens with one attached hydrogen (secondary N) is 1. The van der Waals surface area contributed by atoms with Gasteiger partial charge < -0.3 is 10.2 Å². The lowest BCUT2D eigenvalue weighted by molar-refractivity contribution is 0.108. The van der Waals surface area contributed by atoms with Crippen LogP contribution in [0, 0.1) is 5.92 Å². The van der Waals surface area contributed by atoms with Crippen LogP contribution in [0.2, 0.25) is 0 Å². The first-order valence-electron chi connectivity index (χ1n) is 6.16. The van der Waals surface area contributed by atoms with E-state index in [1.165, 1.54) is 25.9 Å². The van der Waals surface area contributed by atoms with Gasteiger partial charge in [0.2, 0.25) is 0 Å². The summed E-state index contributed by atoms with van der Waals surface area (Å²) in [4.78, 5) is 2.61. The predicted octanol–water partition coefficient (Wildman–Crippen LogP) is 2.10. The van der Waals surface area contributed by atoms with Gasteiger partial charge in [-0.1, -0.05) is 20.3 Å². The largest absolute Gasteiger partial charge is 0.314 e. The van der Waals surface area contributed by atoms with Crippen molar-refractivity contribution < 1.29 is 0 Å². The maximum Gasteiger partial charge on any atom is 0.0119 e. The lowest BCUT2D eigenvalue weighted by Crippen LogP contribution is -2.50. The maximum atomic E-state index is 3.62. The van der Waals surface area contributed by atoms with Gasteiger partial charge in [-0.15, -0.1) is 0 Å². The van der Waals surface area contributed by atoms with E-state index in [9.17, 15) is 0 Å². The minimum absolute atomic E-state index is 0.714. The van der Waals surface area contributed by atoms with Crippen molar-refractivity contribution in [3.63, 3.8) is 0 Å². The van der Waals surface area contributed by atoms with E-state index in [2.05, 4.69) is 37.9 Å². The van der Waals surface area contributed by atoms with Crippen LogP contribution in [0.4, 0.5) is 0 Å². The van der Waals surface area contributed by atoms with E-state index in [4.69, 9.17) is 0 Å². The molecule has 0 aromatic carbocycles. The minimum atomic E-state index is 0.714. The van der Waals surface area contributed by atoms with Gasteiger partial charge in [0.15, 0.2) is 0 Å². The molecule has 0 saturated carbocycles. The first-order valence-corrected chi connectivity index (χ1v) is 6.16. The van der Waals surface area contributed by atoms with E-state index < -0.39 is 0 Å². The summed E-state index contributed by atoms with van der Waals surface area (Å²) in [5.41, 5.74) is 0. The summed E-state index contributed by atoms with van der Waals surface area (Å²) >= 11 is 0. The van der Waals surface area contributed by atoms with Gasteiger partial charge in [-0.05, 0) is 39.3 Å². The fourth-order valence-electron chi connectivity index (χ4n) is 2.47. The van der Waals surface area contributed by atoms with Crippen LogP contribution in [0.5, 0.6) is 0 Å². The molecular weight excluding hydrogens is 172 g/mol. The summed E-state index contributed by atoms with van der Waals surface area (Å²) in [6, 6.07) is 1.48. The molecule has 2 atom stereocenters. The molecule has 2 nitrogen and oxygen atoms in total. The number of rotatable bonds is 4. The van der Waals surface area contributed by atoms with Gasteiger partial charge in [-0.3, -0.25) is 0 Å². The summed E-state index contributed by atoms with van der Waals surface area (Å²) < 4.78 is 0. The molecule has 1 rings (SSSR count). The van der Waals surface area contributed by atoms with Crippen LogP contribution >= 0.6 is 0 Å². The van der Waals surface area contributed by atoms with E-state index in [0.717, 1.165) is 18.5 Å². The van der Waals surface area contributed by atoms with E-state index in [1.807, 2.05) is 0 Å². The lowest BCUT2D eigenvalue weighted by Gasteiger charge is -2.40. The number of nitrogens with zero attached hydrogens (tertiary/aromatic N) is 1. The Balaban J connectivity index is 2.46. The fraction of sp³-hybridized carbons (Fsp3) is 1.00. The van der Waals surface area contributed by atoms with Gasteiger partial charge >= 0.3 is 0 Å². The SMILES string of the molecule is CCNC1CCN(C(C)C)CC1CC. The van der Waals surface area contributed by atoms with E-state index in [1.54, 1.807) is 0 Å². The van der Waals surface area contributed by atoms with Gasteiger partial charge in [0, 0.05) is 18.6 Å². The highest BCUT2D eigenvalue weighted by atomic mass is 15.2. The molecule has 1 saturated heterocycles. The fourth-order valence-corrected chi connectivity index (χ4v) is 2.47. The third kappa shape index (κ3) is 2.96. The number of hydrogen-bond acceptors (Lipinski definition) is 2. The second-order valence-electron chi connectivity index (χ2n) is 4.71. The van der Waals surface area contributed by atoms with Crippen molar-refractivity contribution in [2.24, 2.45) is 5.92 Å². The summed E-state index contributed by atoms with van der Waals surface area (Å²) in [5.74, 6) is 0.853.